The fourth-order valence-electron chi connectivity index (χ4n) is 1.27. The minimum atomic E-state index is 0.575. The van der Waals surface area contributed by atoms with Crippen molar-refractivity contribution < 1.29 is 9.57 Å². The number of halogens is 1. The summed E-state index contributed by atoms with van der Waals surface area (Å²) in [5, 5.41) is 4.62. The van der Waals surface area contributed by atoms with Crippen LogP contribution in [0.1, 0.15) is 11.1 Å². The monoisotopic (exact) mass is 271 g/mol. The summed E-state index contributed by atoms with van der Waals surface area (Å²) in [6.45, 7) is 0. The van der Waals surface area contributed by atoms with E-state index in [9.17, 15) is 0 Å². The van der Waals surface area contributed by atoms with Crippen molar-refractivity contribution in [2.45, 2.75) is 11.8 Å². The molecular weight excluding hydrogens is 258 g/mol. The largest absolute Gasteiger partial charge is 0.482 e. The number of methoxy groups -OCH3 is 1. The average molecular weight is 272 g/mol. The molecule has 0 saturated heterocycles. The average Bonchev–Trinajstić information content (AvgIpc) is 2.29. The minimum Gasteiger partial charge on any atom is -0.482 e. The van der Waals surface area contributed by atoms with Crippen molar-refractivity contribution in [1.29, 1.82) is 0 Å². The zero-order chi connectivity index (χ0) is 11.1. The van der Waals surface area contributed by atoms with Gasteiger partial charge in [-0.3, -0.25) is 0 Å². The van der Waals surface area contributed by atoms with Crippen LogP contribution in [0.25, 0.3) is 0 Å². The Balaban J connectivity index is 2.83. The zero-order valence-electron chi connectivity index (χ0n) is 8.87. The highest BCUT2D eigenvalue weighted by Gasteiger charge is 2.05. The first-order chi connectivity index (χ1) is 7.31. The molecule has 4 heteroatoms. The van der Waals surface area contributed by atoms with Crippen molar-refractivity contribution in [3.8, 4) is 0 Å². The summed E-state index contributed by atoms with van der Waals surface area (Å²) in [6.07, 6.45) is 0.645. The Kier molecular flexibility index (Phi) is 5.18. The number of benzene rings is 1. The molecule has 0 bridgehead atoms. The van der Waals surface area contributed by atoms with Gasteiger partial charge in [-0.25, -0.2) is 0 Å². The molecule has 0 aliphatic heterocycles. The van der Waals surface area contributed by atoms with Gasteiger partial charge in [0.15, 0.2) is 0 Å². The van der Waals surface area contributed by atoms with E-state index in [1.807, 2.05) is 12.1 Å². The number of hydrogen-bond donors (Lipinski definition) is 0. The Morgan fingerprint density at radius 3 is 2.47 bits per heavy atom. The Morgan fingerprint density at radius 1 is 1.27 bits per heavy atom. The number of rotatable bonds is 4. The van der Waals surface area contributed by atoms with E-state index in [1.165, 1.54) is 18.2 Å². The molecule has 15 heavy (non-hydrogen) atoms. The highest BCUT2D eigenvalue weighted by molar-refractivity contribution is 9.08. The van der Waals surface area contributed by atoms with Crippen LogP contribution in [0.3, 0.4) is 0 Å². The summed E-state index contributed by atoms with van der Waals surface area (Å²) >= 11 is 3.45. The van der Waals surface area contributed by atoms with Gasteiger partial charge in [-0.15, -0.1) is 0 Å². The second-order valence-corrected chi connectivity index (χ2v) is 3.51. The minimum absolute atomic E-state index is 0.575. The maximum Gasteiger partial charge on any atom is 0.229 e. The first-order valence-electron chi connectivity index (χ1n) is 4.58. The smallest absolute Gasteiger partial charge is 0.229 e. The lowest BCUT2D eigenvalue weighted by atomic mass is 10.1. The molecule has 1 rings (SSSR count). The number of hydrogen-bond acceptors (Lipinski definition) is 3. The molecule has 0 spiro atoms. The molecule has 0 amide bonds. The lowest BCUT2D eigenvalue weighted by Crippen LogP contribution is -2.07. The van der Waals surface area contributed by atoms with Crippen LogP contribution in [0, 0.1) is 0 Å². The molecule has 0 aromatic heterocycles. The zero-order valence-corrected chi connectivity index (χ0v) is 10.5. The van der Waals surface area contributed by atoms with Crippen LogP contribution in [-0.4, -0.2) is 20.1 Å². The third-order valence-corrected chi connectivity index (χ3v) is 2.64. The summed E-state index contributed by atoms with van der Waals surface area (Å²) in [6, 6.07) is 8.15. The molecule has 0 aliphatic carbocycles. The third kappa shape index (κ3) is 3.55. The van der Waals surface area contributed by atoms with Gasteiger partial charge in [0.2, 0.25) is 5.90 Å². The molecule has 1 aromatic rings. The van der Waals surface area contributed by atoms with Crippen LogP contribution >= 0.6 is 15.9 Å². The second kappa shape index (κ2) is 6.45. The number of oxime groups is 1. The molecule has 0 atom stereocenters. The molecule has 0 saturated carbocycles. The Morgan fingerprint density at radius 2 is 1.93 bits per heavy atom. The van der Waals surface area contributed by atoms with E-state index in [0.29, 0.717) is 12.3 Å². The van der Waals surface area contributed by atoms with E-state index in [1.54, 1.807) is 7.11 Å². The fourth-order valence-corrected chi connectivity index (χ4v) is 1.81. The Labute approximate surface area is 98.2 Å². The standard InChI is InChI=1S/C11H14BrNO2/c1-14-11(13-15-2)7-9-5-3-4-6-10(9)8-12/h3-6H,7-8H2,1-2H3/b13-11+. The van der Waals surface area contributed by atoms with Gasteiger partial charge in [0.25, 0.3) is 0 Å². The molecule has 0 unspecified atom stereocenters. The SMILES string of the molecule is CO/N=C(\Cc1ccccc1CBr)OC. The van der Waals surface area contributed by atoms with Crippen molar-refractivity contribution in [3.05, 3.63) is 35.4 Å². The maximum absolute atomic E-state index is 5.10. The lowest BCUT2D eigenvalue weighted by Gasteiger charge is -2.07. The Hall–Kier alpha value is -1.03. The molecule has 0 aliphatic rings. The van der Waals surface area contributed by atoms with E-state index < -0.39 is 0 Å². The topological polar surface area (TPSA) is 30.8 Å². The number of alkyl halides is 1. The van der Waals surface area contributed by atoms with Crippen LogP contribution < -0.4 is 0 Å². The predicted molar refractivity (Wildman–Crippen MR) is 64.2 cm³/mol. The molecule has 0 fully saturated rings. The molecule has 0 radical (unpaired) electrons. The normalized spacial score (nSPS) is 11.3. The van der Waals surface area contributed by atoms with Gasteiger partial charge in [0, 0.05) is 5.33 Å². The fraction of sp³-hybridized carbons (Fsp3) is 0.364. The van der Waals surface area contributed by atoms with Crippen molar-refractivity contribution in [3.63, 3.8) is 0 Å². The van der Waals surface area contributed by atoms with E-state index in [-0.39, 0.29) is 0 Å². The van der Waals surface area contributed by atoms with Crippen LogP contribution in [-0.2, 0) is 21.3 Å². The molecule has 3 nitrogen and oxygen atoms in total. The molecule has 0 heterocycles. The maximum atomic E-state index is 5.10. The molecule has 82 valence electrons. The quantitative estimate of drug-likeness (QED) is 0.365. The Bertz CT molecular complexity index is 339. The molecular formula is C11H14BrNO2. The summed E-state index contributed by atoms with van der Waals surface area (Å²) in [5.41, 5.74) is 2.42. The number of nitrogens with zero attached hydrogens (tertiary/aromatic N) is 1. The van der Waals surface area contributed by atoms with Gasteiger partial charge >= 0.3 is 0 Å². The lowest BCUT2D eigenvalue weighted by molar-refractivity contribution is 0.197. The summed E-state index contributed by atoms with van der Waals surface area (Å²) < 4.78 is 5.10. The van der Waals surface area contributed by atoms with Gasteiger partial charge in [-0.2, -0.15) is 0 Å². The predicted octanol–water partition coefficient (Wildman–Crippen LogP) is 2.73. The van der Waals surface area contributed by atoms with E-state index in [4.69, 9.17) is 9.57 Å². The molecule has 1 aromatic carbocycles. The first kappa shape index (κ1) is 12.0. The van der Waals surface area contributed by atoms with Crippen LogP contribution in [0.5, 0.6) is 0 Å². The summed E-state index contributed by atoms with van der Waals surface area (Å²) in [5.74, 6) is 0.575. The van der Waals surface area contributed by atoms with Gasteiger partial charge in [0.05, 0.1) is 13.5 Å². The van der Waals surface area contributed by atoms with Crippen molar-refractivity contribution in [2.75, 3.05) is 14.2 Å². The second-order valence-electron chi connectivity index (χ2n) is 2.95. The van der Waals surface area contributed by atoms with Gasteiger partial charge in [0.1, 0.15) is 7.11 Å². The van der Waals surface area contributed by atoms with Crippen LogP contribution in [0.15, 0.2) is 29.4 Å². The van der Waals surface area contributed by atoms with E-state index in [0.717, 1.165) is 5.33 Å². The summed E-state index contributed by atoms with van der Waals surface area (Å²) in [4.78, 5) is 4.69. The van der Waals surface area contributed by atoms with Crippen molar-refractivity contribution in [1.82, 2.24) is 0 Å². The summed E-state index contributed by atoms with van der Waals surface area (Å²) in [7, 11) is 3.10. The van der Waals surface area contributed by atoms with Crippen molar-refractivity contribution >= 4 is 21.8 Å². The van der Waals surface area contributed by atoms with Gasteiger partial charge < -0.3 is 9.57 Å². The first-order valence-corrected chi connectivity index (χ1v) is 5.70. The van der Waals surface area contributed by atoms with E-state index >= 15 is 0 Å². The highest BCUT2D eigenvalue weighted by Crippen LogP contribution is 2.13. The van der Waals surface area contributed by atoms with Crippen LogP contribution in [0.2, 0.25) is 0 Å². The van der Waals surface area contributed by atoms with Gasteiger partial charge in [-0.05, 0) is 11.1 Å². The van der Waals surface area contributed by atoms with Crippen LogP contribution in [0.4, 0.5) is 0 Å². The van der Waals surface area contributed by atoms with Gasteiger partial charge in [-0.1, -0.05) is 45.4 Å². The van der Waals surface area contributed by atoms with E-state index in [2.05, 4.69) is 33.2 Å². The third-order valence-electron chi connectivity index (χ3n) is 2.03. The highest BCUT2D eigenvalue weighted by atomic mass is 79.9. The number of ether oxygens (including phenoxy) is 1. The van der Waals surface area contributed by atoms with Crippen molar-refractivity contribution in [2.24, 2.45) is 5.16 Å². The molecule has 0 N–H and O–H groups in total.